The summed E-state index contributed by atoms with van der Waals surface area (Å²) in [7, 11) is 1.66. The summed E-state index contributed by atoms with van der Waals surface area (Å²) in [5, 5.41) is 6.23. The fraction of sp³-hybridized carbons (Fsp3) is 0.333. The van der Waals surface area contributed by atoms with Crippen LogP contribution in [0.5, 0.6) is 0 Å². The molecule has 2 aromatic rings. The molecule has 0 radical (unpaired) electrons. The van der Waals surface area contributed by atoms with Gasteiger partial charge in [0.2, 0.25) is 5.95 Å². The van der Waals surface area contributed by atoms with Crippen LogP contribution in [0.4, 0.5) is 11.8 Å². The molecule has 0 aliphatic heterocycles. The molecule has 6 heteroatoms. The fourth-order valence-electron chi connectivity index (χ4n) is 1.40. The SMILES string of the molecule is COCCNc1ccnc(NCc2ccco2)n1. The summed E-state index contributed by atoms with van der Waals surface area (Å²) >= 11 is 0. The van der Waals surface area contributed by atoms with Gasteiger partial charge in [0, 0.05) is 19.9 Å². The Morgan fingerprint density at radius 1 is 1.33 bits per heavy atom. The van der Waals surface area contributed by atoms with Crippen LogP contribution in [0.25, 0.3) is 0 Å². The van der Waals surface area contributed by atoms with E-state index in [0.29, 0.717) is 25.6 Å². The summed E-state index contributed by atoms with van der Waals surface area (Å²) in [6.07, 6.45) is 3.34. The van der Waals surface area contributed by atoms with E-state index in [9.17, 15) is 0 Å². The maximum absolute atomic E-state index is 5.21. The quantitative estimate of drug-likeness (QED) is 0.727. The number of nitrogens with one attached hydrogen (secondary N) is 2. The molecule has 0 aliphatic carbocycles. The second-order valence-corrected chi connectivity index (χ2v) is 3.62. The Morgan fingerprint density at radius 3 is 3.06 bits per heavy atom. The van der Waals surface area contributed by atoms with E-state index < -0.39 is 0 Å². The number of furan rings is 1. The van der Waals surface area contributed by atoms with Crippen molar-refractivity contribution < 1.29 is 9.15 Å². The van der Waals surface area contributed by atoms with Crippen molar-refractivity contribution in [2.45, 2.75) is 6.54 Å². The highest BCUT2D eigenvalue weighted by Crippen LogP contribution is 2.07. The van der Waals surface area contributed by atoms with E-state index in [4.69, 9.17) is 9.15 Å². The van der Waals surface area contributed by atoms with Gasteiger partial charge < -0.3 is 19.8 Å². The van der Waals surface area contributed by atoms with Gasteiger partial charge in [0.1, 0.15) is 11.6 Å². The third-order valence-electron chi connectivity index (χ3n) is 2.27. The van der Waals surface area contributed by atoms with Crippen LogP contribution < -0.4 is 10.6 Å². The summed E-state index contributed by atoms with van der Waals surface area (Å²) in [6.45, 7) is 1.92. The van der Waals surface area contributed by atoms with Gasteiger partial charge in [0.05, 0.1) is 19.4 Å². The number of nitrogens with zero attached hydrogens (tertiary/aromatic N) is 2. The molecule has 0 aliphatic rings. The molecular formula is C12H16N4O2. The summed E-state index contributed by atoms with van der Waals surface area (Å²) in [4.78, 5) is 8.45. The van der Waals surface area contributed by atoms with Crippen molar-refractivity contribution in [2.24, 2.45) is 0 Å². The molecule has 0 fully saturated rings. The van der Waals surface area contributed by atoms with E-state index in [1.165, 1.54) is 0 Å². The molecule has 96 valence electrons. The van der Waals surface area contributed by atoms with Crippen molar-refractivity contribution in [2.75, 3.05) is 30.9 Å². The lowest BCUT2D eigenvalue weighted by Crippen LogP contribution is -2.10. The molecule has 0 saturated heterocycles. The number of methoxy groups -OCH3 is 1. The summed E-state index contributed by atoms with van der Waals surface area (Å²) in [6, 6.07) is 5.56. The van der Waals surface area contributed by atoms with Gasteiger partial charge in [-0.1, -0.05) is 0 Å². The maximum Gasteiger partial charge on any atom is 0.224 e. The zero-order valence-corrected chi connectivity index (χ0v) is 10.2. The van der Waals surface area contributed by atoms with Gasteiger partial charge in [-0.3, -0.25) is 0 Å². The molecule has 0 aromatic carbocycles. The first-order valence-corrected chi connectivity index (χ1v) is 5.70. The fourth-order valence-corrected chi connectivity index (χ4v) is 1.40. The lowest BCUT2D eigenvalue weighted by atomic mass is 10.4. The first-order valence-electron chi connectivity index (χ1n) is 5.70. The zero-order chi connectivity index (χ0) is 12.6. The first kappa shape index (κ1) is 12.4. The highest BCUT2D eigenvalue weighted by atomic mass is 16.5. The first-order chi connectivity index (χ1) is 8.88. The highest BCUT2D eigenvalue weighted by Gasteiger charge is 2.00. The predicted molar refractivity (Wildman–Crippen MR) is 68.4 cm³/mol. The Kier molecular flexibility index (Phi) is 4.54. The van der Waals surface area contributed by atoms with Gasteiger partial charge in [-0.25, -0.2) is 4.98 Å². The molecule has 0 saturated carbocycles. The van der Waals surface area contributed by atoms with Crippen LogP contribution in [-0.2, 0) is 11.3 Å². The van der Waals surface area contributed by atoms with Gasteiger partial charge in [0.15, 0.2) is 0 Å². The highest BCUT2D eigenvalue weighted by molar-refractivity contribution is 5.39. The minimum Gasteiger partial charge on any atom is -0.467 e. The Bertz CT molecular complexity index is 459. The van der Waals surface area contributed by atoms with Crippen molar-refractivity contribution >= 4 is 11.8 Å². The van der Waals surface area contributed by atoms with Crippen LogP contribution in [0.15, 0.2) is 35.1 Å². The molecule has 2 N–H and O–H groups in total. The molecule has 0 amide bonds. The number of ether oxygens (including phenoxy) is 1. The van der Waals surface area contributed by atoms with Gasteiger partial charge in [-0.05, 0) is 18.2 Å². The lowest BCUT2D eigenvalue weighted by Gasteiger charge is -2.07. The molecule has 0 bridgehead atoms. The van der Waals surface area contributed by atoms with Crippen molar-refractivity contribution in [3.8, 4) is 0 Å². The molecule has 2 aromatic heterocycles. The molecule has 0 spiro atoms. The minimum atomic E-state index is 0.564. The van der Waals surface area contributed by atoms with E-state index in [-0.39, 0.29) is 0 Å². The zero-order valence-electron chi connectivity index (χ0n) is 10.2. The largest absolute Gasteiger partial charge is 0.467 e. The van der Waals surface area contributed by atoms with E-state index in [1.807, 2.05) is 18.2 Å². The summed E-state index contributed by atoms with van der Waals surface area (Å²) in [5.74, 6) is 2.18. The molecule has 0 unspecified atom stereocenters. The maximum atomic E-state index is 5.21. The third kappa shape index (κ3) is 3.74. The van der Waals surface area contributed by atoms with Crippen molar-refractivity contribution in [1.29, 1.82) is 0 Å². The number of rotatable bonds is 7. The molecule has 2 heterocycles. The Labute approximate surface area is 105 Å². The Morgan fingerprint density at radius 2 is 2.28 bits per heavy atom. The van der Waals surface area contributed by atoms with Crippen LogP contribution in [0.3, 0.4) is 0 Å². The molecular weight excluding hydrogens is 232 g/mol. The van der Waals surface area contributed by atoms with Gasteiger partial charge in [0.25, 0.3) is 0 Å². The smallest absolute Gasteiger partial charge is 0.224 e. The average molecular weight is 248 g/mol. The molecule has 18 heavy (non-hydrogen) atoms. The van der Waals surface area contributed by atoms with Crippen LogP contribution in [0.2, 0.25) is 0 Å². The van der Waals surface area contributed by atoms with Crippen molar-refractivity contribution in [1.82, 2.24) is 9.97 Å². The van der Waals surface area contributed by atoms with E-state index in [0.717, 1.165) is 11.6 Å². The molecule has 2 rings (SSSR count). The van der Waals surface area contributed by atoms with Crippen LogP contribution >= 0.6 is 0 Å². The standard InChI is InChI=1S/C12H16N4O2/c1-17-8-6-13-11-4-5-14-12(16-11)15-9-10-3-2-7-18-10/h2-5,7H,6,8-9H2,1H3,(H2,13,14,15,16). The molecule has 0 atom stereocenters. The number of aromatic nitrogens is 2. The lowest BCUT2D eigenvalue weighted by molar-refractivity contribution is 0.210. The number of hydrogen-bond acceptors (Lipinski definition) is 6. The normalized spacial score (nSPS) is 10.3. The van der Waals surface area contributed by atoms with Crippen LogP contribution in [-0.4, -0.2) is 30.2 Å². The number of anilines is 2. The third-order valence-corrected chi connectivity index (χ3v) is 2.27. The molecule has 6 nitrogen and oxygen atoms in total. The minimum absolute atomic E-state index is 0.564. The summed E-state index contributed by atoms with van der Waals surface area (Å²) < 4.78 is 10.2. The topological polar surface area (TPSA) is 72.2 Å². The van der Waals surface area contributed by atoms with Crippen molar-refractivity contribution in [3.63, 3.8) is 0 Å². The Hall–Kier alpha value is -2.08. The van der Waals surface area contributed by atoms with E-state index in [1.54, 1.807) is 19.6 Å². The monoisotopic (exact) mass is 248 g/mol. The van der Waals surface area contributed by atoms with Gasteiger partial charge in [-0.2, -0.15) is 4.98 Å². The average Bonchev–Trinajstić information content (AvgIpc) is 2.90. The second-order valence-electron chi connectivity index (χ2n) is 3.62. The second kappa shape index (κ2) is 6.61. The van der Waals surface area contributed by atoms with Crippen LogP contribution in [0, 0.1) is 0 Å². The van der Waals surface area contributed by atoms with E-state index >= 15 is 0 Å². The van der Waals surface area contributed by atoms with E-state index in [2.05, 4.69) is 20.6 Å². The number of hydrogen-bond donors (Lipinski definition) is 2. The Balaban J connectivity index is 1.86. The predicted octanol–water partition coefficient (Wildman–Crippen LogP) is 1.74. The van der Waals surface area contributed by atoms with Crippen molar-refractivity contribution in [3.05, 3.63) is 36.4 Å². The van der Waals surface area contributed by atoms with Crippen LogP contribution in [0.1, 0.15) is 5.76 Å². The van der Waals surface area contributed by atoms with Gasteiger partial charge in [-0.15, -0.1) is 0 Å². The summed E-state index contributed by atoms with van der Waals surface area (Å²) in [5.41, 5.74) is 0. The van der Waals surface area contributed by atoms with Gasteiger partial charge >= 0.3 is 0 Å².